The van der Waals surface area contributed by atoms with Crippen molar-refractivity contribution in [1.82, 2.24) is 10.5 Å². The lowest BCUT2D eigenvalue weighted by Crippen LogP contribution is -2.55. The normalized spacial score (nSPS) is 30.4. The van der Waals surface area contributed by atoms with Gasteiger partial charge >= 0.3 is 0 Å². The first-order valence-electron chi connectivity index (χ1n) is 10.2. The number of carbonyl (C=O) groups excluding carboxylic acids is 1. The van der Waals surface area contributed by atoms with Crippen molar-refractivity contribution in [2.45, 2.75) is 51.7 Å². The molecule has 4 bridgehead atoms. The van der Waals surface area contributed by atoms with Gasteiger partial charge in [0.15, 0.2) is 5.69 Å². The topological polar surface area (TPSA) is 64.4 Å². The van der Waals surface area contributed by atoms with Gasteiger partial charge in [-0.1, -0.05) is 11.2 Å². The molecule has 0 aliphatic heterocycles. The molecule has 0 atom stereocenters. The van der Waals surface area contributed by atoms with Gasteiger partial charge in [-0.25, -0.2) is 4.39 Å². The molecule has 28 heavy (non-hydrogen) atoms. The molecule has 2 aromatic rings. The number of nitrogens with zero attached hydrogens (tertiary/aromatic N) is 1. The number of carbonyl (C=O) groups is 1. The number of halogens is 1. The highest BCUT2D eigenvalue weighted by atomic mass is 19.1. The maximum atomic E-state index is 13.3. The summed E-state index contributed by atoms with van der Waals surface area (Å²) >= 11 is 0. The molecule has 4 fully saturated rings. The van der Waals surface area contributed by atoms with Crippen LogP contribution in [0.3, 0.4) is 0 Å². The Balaban J connectivity index is 1.29. The molecule has 1 aromatic carbocycles. The predicted octanol–water partition coefficient (Wildman–Crippen LogP) is 4.26. The molecule has 0 unspecified atom stereocenters. The first kappa shape index (κ1) is 17.7. The second-order valence-electron chi connectivity index (χ2n) is 8.74. The highest BCUT2D eigenvalue weighted by Crippen LogP contribution is 2.53. The van der Waals surface area contributed by atoms with Gasteiger partial charge < -0.3 is 14.6 Å². The molecule has 6 rings (SSSR count). The molecule has 4 aliphatic carbocycles. The number of aryl methyl sites for hydroxylation is 1. The van der Waals surface area contributed by atoms with Crippen LogP contribution in [0.5, 0.6) is 5.75 Å². The van der Waals surface area contributed by atoms with E-state index in [0.29, 0.717) is 28.9 Å². The number of ether oxygens (including phenoxy) is 1. The van der Waals surface area contributed by atoms with Crippen molar-refractivity contribution in [3.63, 3.8) is 0 Å². The molecule has 148 valence electrons. The number of hydrogen-bond donors (Lipinski definition) is 1. The predicted molar refractivity (Wildman–Crippen MR) is 100 cm³/mol. The second kappa shape index (κ2) is 6.90. The zero-order valence-corrected chi connectivity index (χ0v) is 16.0. The van der Waals surface area contributed by atoms with Crippen molar-refractivity contribution in [2.24, 2.45) is 23.7 Å². The van der Waals surface area contributed by atoms with Crippen molar-refractivity contribution in [3.8, 4) is 5.75 Å². The number of nitrogens with one attached hydrogen (secondary N) is 1. The van der Waals surface area contributed by atoms with Gasteiger partial charge in [0, 0.05) is 12.1 Å². The SMILES string of the molecule is Cc1onc(C(=O)NC2C3CC4CC(C3)CC2C4)c1COc1cccc(F)c1. The average molecular weight is 384 g/mol. The number of hydrogen-bond acceptors (Lipinski definition) is 4. The summed E-state index contributed by atoms with van der Waals surface area (Å²) in [5, 5.41) is 7.25. The zero-order chi connectivity index (χ0) is 19.3. The van der Waals surface area contributed by atoms with Crippen molar-refractivity contribution >= 4 is 5.91 Å². The van der Waals surface area contributed by atoms with Crippen molar-refractivity contribution in [1.29, 1.82) is 0 Å². The Hall–Kier alpha value is -2.37. The van der Waals surface area contributed by atoms with Crippen LogP contribution in [0.25, 0.3) is 0 Å². The van der Waals surface area contributed by atoms with Crippen molar-refractivity contribution in [3.05, 3.63) is 47.1 Å². The minimum Gasteiger partial charge on any atom is -0.489 e. The van der Waals surface area contributed by atoms with E-state index in [-0.39, 0.29) is 30.1 Å². The maximum Gasteiger partial charge on any atom is 0.274 e. The molecule has 1 aromatic heterocycles. The van der Waals surface area contributed by atoms with Gasteiger partial charge in [0.2, 0.25) is 0 Å². The summed E-state index contributed by atoms with van der Waals surface area (Å²) in [5.74, 6) is 3.33. The van der Waals surface area contributed by atoms with Gasteiger partial charge in [-0.2, -0.15) is 0 Å². The Kier molecular flexibility index (Phi) is 4.37. The highest BCUT2D eigenvalue weighted by molar-refractivity contribution is 5.94. The van der Waals surface area contributed by atoms with Crippen LogP contribution in [0.2, 0.25) is 0 Å². The van der Waals surface area contributed by atoms with Crippen LogP contribution in [-0.4, -0.2) is 17.1 Å². The maximum absolute atomic E-state index is 13.3. The summed E-state index contributed by atoms with van der Waals surface area (Å²) < 4.78 is 24.3. The van der Waals surface area contributed by atoms with Crippen molar-refractivity contribution in [2.75, 3.05) is 0 Å². The largest absolute Gasteiger partial charge is 0.489 e. The third kappa shape index (κ3) is 3.19. The van der Waals surface area contributed by atoms with E-state index in [4.69, 9.17) is 9.26 Å². The Labute approximate surface area is 163 Å². The third-order valence-electron chi connectivity index (χ3n) is 6.90. The molecule has 1 heterocycles. The number of rotatable bonds is 5. The van der Waals surface area contributed by atoms with Gasteiger partial charge in [0.05, 0.1) is 5.56 Å². The van der Waals surface area contributed by atoms with E-state index >= 15 is 0 Å². The van der Waals surface area contributed by atoms with E-state index < -0.39 is 0 Å². The quantitative estimate of drug-likeness (QED) is 0.837. The number of aromatic nitrogens is 1. The summed E-state index contributed by atoms with van der Waals surface area (Å²) in [4.78, 5) is 13.0. The summed E-state index contributed by atoms with van der Waals surface area (Å²) in [6.07, 6.45) is 6.35. The Morgan fingerprint density at radius 1 is 1.21 bits per heavy atom. The van der Waals surface area contributed by atoms with Crippen LogP contribution in [-0.2, 0) is 6.61 Å². The summed E-state index contributed by atoms with van der Waals surface area (Å²) in [6, 6.07) is 6.19. The second-order valence-corrected chi connectivity index (χ2v) is 8.74. The lowest BCUT2D eigenvalue weighted by molar-refractivity contribution is -0.0120. The summed E-state index contributed by atoms with van der Waals surface area (Å²) in [5.41, 5.74) is 0.897. The van der Waals surface area contributed by atoms with E-state index in [2.05, 4.69) is 10.5 Å². The third-order valence-corrected chi connectivity index (χ3v) is 6.90. The molecule has 6 heteroatoms. The van der Waals surface area contributed by atoms with Crippen LogP contribution >= 0.6 is 0 Å². The molecule has 5 nitrogen and oxygen atoms in total. The Bertz CT molecular complexity index is 866. The fourth-order valence-corrected chi connectivity index (χ4v) is 5.83. The van der Waals surface area contributed by atoms with Gasteiger partial charge in [0.1, 0.15) is 23.9 Å². The van der Waals surface area contributed by atoms with Crippen LogP contribution in [0.1, 0.15) is 53.9 Å². The molecular formula is C22H25FN2O3. The minimum absolute atomic E-state index is 0.114. The standard InChI is InChI=1S/C22H25FN2O3/c1-12-19(11-27-18-4-2-3-17(23)10-18)21(25-28-12)22(26)24-20-15-6-13-5-14(8-15)9-16(20)7-13/h2-4,10,13-16,20H,5-9,11H2,1H3,(H,24,26). The van der Waals surface area contributed by atoms with Gasteiger partial charge in [-0.05, 0) is 74.8 Å². The Morgan fingerprint density at radius 3 is 2.61 bits per heavy atom. The van der Waals surface area contributed by atoms with Crippen LogP contribution in [0, 0.1) is 36.4 Å². The molecular weight excluding hydrogens is 359 g/mol. The first-order chi connectivity index (χ1) is 13.6. The van der Waals surface area contributed by atoms with Crippen LogP contribution < -0.4 is 10.1 Å². The van der Waals surface area contributed by atoms with Gasteiger partial charge in [0.25, 0.3) is 5.91 Å². The van der Waals surface area contributed by atoms with E-state index in [1.54, 1.807) is 19.1 Å². The summed E-state index contributed by atoms with van der Waals surface area (Å²) in [6.45, 7) is 1.88. The molecule has 0 spiro atoms. The lowest BCUT2D eigenvalue weighted by Gasteiger charge is -2.54. The number of amides is 1. The van der Waals surface area contributed by atoms with E-state index in [0.717, 1.165) is 11.8 Å². The smallest absolute Gasteiger partial charge is 0.274 e. The average Bonchev–Trinajstić information content (AvgIpc) is 3.03. The fourth-order valence-electron chi connectivity index (χ4n) is 5.83. The fraction of sp³-hybridized carbons (Fsp3) is 0.545. The molecule has 4 saturated carbocycles. The van der Waals surface area contributed by atoms with E-state index in [9.17, 15) is 9.18 Å². The van der Waals surface area contributed by atoms with E-state index in [1.165, 1.54) is 44.2 Å². The van der Waals surface area contributed by atoms with Crippen LogP contribution in [0.4, 0.5) is 4.39 Å². The van der Waals surface area contributed by atoms with Crippen LogP contribution in [0.15, 0.2) is 28.8 Å². The monoisotopic (exact) mass is 384 g/mol. The first-order valence-corrected chi connectivity index (χ1v) is 10.2. The molecule has 0 radical (unpaired) electrons. The molecule has 4 aliphatic rings. The molecule has 0 saturated heterocycles. The van der Waals surface area contributed by atoms with E-state index in [1.807, 2.05) is 0 Å². The molecule has 1 amide bonds. The lowest BCUT2D eigenvalue weighted by atomic mass is 9.54. The minimum atomic E-state index is -0.362. The van der Waals surface area contributed by atoms with Gasteiger partial charge in [-0.3, -0.25) is 4.79 Å². The molecule has 1 N–H and O–H groups in total. The summed E-state index contributed by atoms with van der Waals surface area (Å²) in [7, 11) is 0. The Morgan fingerprint density at radius 2 is 1.93 bits per heavy atom. The zero-order valence-electron chi connectivity index (χ0n) is 16.0. The van der Waals surface area contributed by atoms with Gasteiger partial charge in [-0.15, -0.1) is 0 Å². The van der Waals surface area contributed by atoms with Crippen molar-refractivity contribution < 1.29 is 18.4 Å². The number of benzene rings is 1. The highest BCUT2D eigenvalue weighted by Gasteiger charge is 2.48.